The summed E-state index contributed by atoms with van der Waals surface area (Å²) >= 11 is 3.37. The SMILES string of the molecule is Cc1ccc(C(=N)N)cc1OCc1cncc(Br)c1. The molecule has 0 atom stereocenters. The molecule has 0 aliphatic rings. The minimum absolute atomic E-state index is 0.0361. The summed E-state index contributed by atoms with van der Waals surface area (Å²) in [6.45, 7) is 2.38. The Kier molecular flexibility index (Phi) is 4.16. The number of nitrogens with one attached hydrogen (secondary N) is 1. The van der Waals surface area contributed by atoms with E-state index in [1.165, 1.54) is 0 Å². The van der Waals surface area contributed by atoms with Crippen molar-refractivity contribution in [2.45, 2.75) is 13.5 Å². The van der Waals surface area contributed by atoms with Crippen molar-refractivity contribution in [2.24, 2.45) is 5.73 Å². The van der Waals surface area contributed by atoms with Gasteiger partial charge in [0.15, 0.2) is 0 Å². The van der Waals surface area contributed by atoms with Crippen LogP contribution in [0.2, 0.25) is 0 Å². The van der Waals surface area contributed by atoms with Gasteiger partial charge >= 0.3 is 0 Å². The summed E-state index contributed by atoms with van der Waals surface area (Å²) in [5.41, 5.74) is 8.11. The number of hydrogen-bond acceptors (Lipinski definition) is 3. The molecule has 0 spiro atoms. The number of hydrogen-bond donors (Lipinski definition) is 2. The fourth-order valence-corrected chi connectivity index (χ4v) is 2.03. The van der Waals surface area contributed by atoms with Crippen molar-refractivity contribution in [2.75, 3.05) is 0 Å². The Bertz CT molecular complexity index is 613. The van der Waals surface area contributed by atoms with Crippen molar-refractivity contribution < 1.29 is 4.74 Å². The van der Waals surface area contributed by atoms with Gasteiger partial charge in [0.05, 0.1) is 0 Å². The van der Waals surface area contributed by atoms with E-state index in [1.54, 1.807) is 18.5 Å². The van der Waals surface area contributed by atoms with Crippen molar-refractivity contribution in [1.82, 2.24) is 4.98 Å². The Morgan fingerprint density at radius 1 is 1.37 bits per heavy atom. The molecule has 0 bridgehead atoms. The summed E-state index contributed by atoms with van der Waals surface area (Å²) in [6.07, 6.45) is 3.49. The number of ether oxygens (including phenoxy) is 1. The Labute approximate surface area is 120 Å². The summed E-state index contributed by atoms with van der Waals surface area (Å²) in [5, 5.41) is 7.43. The van der Waals surface area contributed by atoms with E-state index in [0.29, 0.717) is 12.2 Å². The molecule has 0 radical (unpaired) electrons. The summed E-state index contributed by atoms with van der Waals surface area (Å²) in [4.78, 5) is 4.08. The predicted molar refractivity (Wildman–Crippen MR) is 78.5 cm³/mol. The summed E-state index contributed by atoms with van der Waals surface area (Å²) in [6, 6.07) is 7.44. The van der Waals surface area contributed by atoms with Gasteiger partial charge in [-0.05, 0) is 40.5 Å². The zero-order chi connectivity index (χ0) is 13.8. The van der Waals surface area contributed by atoms with Gasteiger partial charge in [0.2, 0.25) is 0 Å². The molecule has 2 aromatic rings. The average Bonchev–Trinajstić information content (AvgIpc) is 2.37. The Balaban J connectivity index is 2.15. The van der Waals surface area contributed by atoms with Crippen LogP contribution in [0.3, 0.4) is 0 Å². The molecule has 1 aromatic carbocycles. The number of rotatable bonds is 4. The lowest BCUT2D eigenvalue weighted by atomic mass is 10.1. The summed E-state index contributed by atoms with van der Waals surface area (Å²) in [5.74, 6) is 0.765. The molecule has 3 N–H and O–H groups in total. The maximum atomic E-state index is 7.43. The quantitative estimate of drug-likeness (QED) is 0.672. The normalized spacial score (nSPS) is 10.2. The maximum Gasteiger partial charge on any atom is 0.123 e. The Morgan fingerprint density at radius 2 is 2.16 bits per heavy atom. The van der Waals surface area contributed by atoms with Crippen LogP contribution in [0.5, 0.6) is 5.75 Å². The lowest BCUT2D eigenvalue weighted by molar-refractivity contribution is 0.303. The third-order valence-electron chi connectivity index (χ3n) is 2.65. The van der Waals surface area contributed by atoms with Crippen LogP contribution in [0.25, 0.3) is 0 Å². The molecular formula is C14H14BrN3O. The van der Waals surface area contributed by atoms with Gasteiger partial charge in [0.25, 0.3) is 0 Å². The molecule has 0 aliphatic carbocycles. The van der Waals surface area contributed by atoms with Gasteiger partial charge in [-0.3, -0.25) is 10.4 Å². The van der Waals surface area contributed by atoms with E-state index in [0.717, 1.165) is 21.3 Å². The lowest BCUT2D eigenvalue weighted by Crippen LogP contribution is -2.11. The van der Waals surface area contributed by atoms with Crippen LogP contribution in [-0.2, 0) is 6.61 Å². The second-order valence-electron chi connectivity index (χ2n) is 4.19. The number of halogens is 1. The van der Waals surface area contributed by atoms with Crippen molar-refractivity contribution in [3.8, 4) is 5.75 Å². The van der Waals surface area contributed by atoms with Crippen molar-refractivity contribution in [3.05, 3.63) is 57.8 Å². The van der Waals surface area contributed by atoms with E-state index in [-0.39, 0.29) is 5.84 Å². The van der Waals surface area contributed by atoms with Crippen LogP contribution in [0.4, 0.5) is 0 Å². The highest BCUT2D eigenvalue weighted by molar-refractivity contribution is 9.10. The number of benzene rings is 1. The highest BCUT2D eigenvalue weighted by Gasteiger charge is 2.04. The number of amidine groups is 1. The highest BCUT2D eigenvalue weighted by atomic mass is 79.9. The Morgan fingerprint density at radius 3 is 2.84 bits per heavy atom. The lowest BCUT2D eigenvalue weighted by Gasteiger charge is -2.10. The predicted octanol–water partition coefficient (Wildman–Crippen LogP) is 3.02. The number of nitrogen functional groups attached to an aromatic ring is 1. The molecule has 0 fully saturated rings. The van der Waals surface area contributed by atoms with Gasteiger partial charge in [-0.15, -0.1) is 0 Å². The third-order valence-corrected chi connectivity index (χ3v) is 3.09. The molecule has 4 nitrogen and oxygen atoms in total. The number of aromatic nitrogens is 1. The topological polar surface area (TPSA) is 72.0 Å². The molecule has 0 saturated heterocycles. The second-order valence-corrected chi connectivity index (χ2v) is 5.11. The molecule has 0 unspecified atom stereocenters. The smallest absolute Gasteiger partial charge is 0.123 e. The van der Waals surface area contributed by atoms with Crippen LogP contribution < -0.4 is 10.5 Å². The van der Waals surface area contributed by atoms with Crippen molar-refractivity contribution in [3.63, 3.8) is 0 Å². The second kappa shape index (κ2) is 5.84. The molecule has 19 heavy (non-hydrogen) atoms. The molecule has 5 heteroatoms. The monoisotopic (exact) mass is 319 g/mol. The summed E-state index contributed by atoms with van der Waals surface area (Å²) < 4.78 is 6.67. The number of nitrogens with zero attached hydrogens (tertiary/aromatic N) is 1. The zero-order valence-electron chi connectivity index (χ0n) is 10.5. The third kappa shape index (κ3) is 3.54. The van der Waals surface area contributed by atoms with Crippen LogP contribution in [0.15, 0.2) is 41.1 Å². The highest BCUT2D eigenvalue weighted by Crippen LogP contribution is 2.21. The average molecular weight is 320 g/mol. The Hall–Kier alpha value is -1.88. The molecule has 98 valence electrons. The number of aryl methyl sites for hydroxylation is 1. The molecule has 0 saturated carbocycles. The van der Waals surface area contributed by atoms with Gasteiger partial charge in [-0.2, -0.15) is 0 Å². The first-order valence-electron chi connectivity index (χ1n) is 5.73. The summed E-state index contributed by atoms with van der Waals surface area (Å²) in [7, 11) is 0. The van der Waals surface area contributed by atoms with Gasteiger partial charge in [-0.1, -0.05) is 12.1 Å². The number of nitrogens with two attached hydrogens (primary N) is 1. The van der Waals surface area contributed by atoms with Crippen molar-refractivity contribution >= 4 is 21.8 Å². The molecule has 1 aromatic heterocycles. The fraction of sp³-hybridized carbons (Fsp3) is 0.143. The molecule has 0 amide bonds. The van der Waals surface area contributed by atoms with Crippen LogP contribution >= 0.6 is 15.9 Å². The molecular weight excluding hydrogens is 306 g/mol. The first kappa shape index (κ1) is 13.5. The van der Waals surface area contributed by atoms with E-state index in [2.05, 4.69) is 20.9 Å². The number of pyridine rings is 1. The van der Waals surface area contributed by atoms with E-state index in [1.807, 2.05) is 25.1 Å². The van der Waals surface area contributed by atoms with Gasteiger partial charge in [0, 0.05) is 28.0 Å². The van der Waals surface area contributed by atoms with E-state index in [9.17, 15) is 0 Å². The molecule has 1 heterocycles. The first-order valence-corrected chi connectivity index (χ1v) is 6.53. The van der Waals surface area contributed by atoms with Crippen LogP contribution in [0.1, 0.15) is 16.7 Å². The molecule has 2 rings (SSSR count). The largest absolute Gasteiger partial charge is 0.489 e. The van der Waals surface area contributed by atoms with E-state index < -0.39 is 0 Å². The maximum absolute atomic E-state index is 7.43. The van der Waals surface area contributed by atoms with Crippen LogP contribution in [0, 0.1) is 12.3 Å². The van der Waals surface area contributed by atoms with Crippen LogP contribution in [-0.4, -0.2) is 10.8 Å². The fourth-order valence-electron chi connectivity index (χ4n) is 1.62. The first-order chi connectivity index (χ1) is 9.06. The van der Waals surface area contributed by atoms with Gasteiger partial charge < -0.3 is 10.5 Å². The van der Waals surface area contributed by atoms with E-state index in [4.69, 9.17) is 15.9 Å². The van der Waals surface area contributed by atoms with Gasteiger partial charge in [-0.25, -0.2) is 0 Å². The minimum atomic E-state index is 0.0361. The van der Waals surface area contributed by atoms with E-state index >= 15 is 0 Å². The standard InChI is InChI=1S/C14H14BrN3O/c1-9-2-3-11(14(16)17)5-13(9)19-8-10-4-12(15)7-18-6-10/h2-7H,8H2,1H3,(H3,16,17). The molecule has 0 aliphatic heterocycles. The zero-order valence-corrected chi connectivity index (χ0v) is 12.1. The van der Waals surface area contributed by atoms with Crippen molar-refractivity contribution in [1.29, 1.82) is 5.41 Å². The minimum Gasteiger partial charge on any atom is -0.489 e. The van der Waals surface area contributed by atoms with Gasteiger partial charge in [0.1, 0.15) is 18.2 Å².